The normalized spacial score (nSPS) is 10.3. The smallest absolute Gasteiger partial charge is 0.303 e. The van der Waals surface area contributed by atoms with E-state index < -0.39 is 5.97 Å². The van der Waals surface area contributed by atoms with E-state index in [0.717, 1.165) is 10.8 Å². The lowest BCUT2D eigenvalue weighted by molar-refractivity contribution is -0.136. The van der Waals surface area contributed by atoms with Crippen molar-refractivity contribution in [2.75, 3.05) is 0 Å². The van der Waals surface area contributed by atoms with Crippen molar-refractivity contribution in [3.63, 3.8) is 0 Å². The fourth-order valence-electron chi connectivity index (χ4n) is 1.82. The Kier molecular flexibility index (Phi) is 3.84. The Morgan fingerprint density at radius 1 is 1.30 bits per heavy atom. The predicted octanol–water partition coefficient (Wildman–Crippen LogP) is 2.63. The molecule has 2 aromatic heterocycles. The maximum absolute atomic E-state index is 13.0. The van der Waals surface area contributed by atoms with E-state index in [1.807, 2.05) is 6.07 Å². The molecule has 0 fully saturated rings. The number of aromatic nitrogens is 2. The number of fused-ring (bicyclic) bond motifs is 3. The lowest BCUT2D eigenvalue weighted by atomic mass is 10.1. The van der Waals surface area contributed by atoms with Crippen LogP contribution in [0.1, 0.15) is 13.3 Å². The minimum Gasteiger partial charge on any atom is -0.481 e. The van der Waals surface area contributed by atoms with Crippen LogP contribution >= 0.6 is 0 Å². The number of nitrogens with one attached hydrogen (secondary N) is 2. The van der Waals surface area contributed by atoms with Gasteiger partial charge in [-0.05, 0) is 24.3 Å². The molecule has 0 aliphatic rings. The van der Waals surface area contributed by atoms with Gasteiger partial charge in [0.05, 0.1) is 5.52 Å². The average Bonchev–Trinajstić information content (AvgIpc) is 2.89. The van der Waals surface area contributed by atoms with Gasteiger partial charge in [0.2, 0.25) is 0 Å². The number of hydrogen-bond donors (Lipinski definition) is 3. The summed E-state index contributed by atoms with van der Waals surface area (Å²) in [5, 5.41) is 9.38. The van der Waals surface area contributed by atoms with Crippen molar-refractivity contribution >= 4 is 27.8 Å². The summed E-state index contributed by atoms with van der Waals surface area (Å²) >= 11 is 0. The summed E-state index contributed by atoms with van der Waals surface area (Å²) in [5.41, 5.74) is 0.814. The van der Waals surface area contributed by atoms with Crippen molar-refractivity contribution < 1.29 is 14.3 Å². The van der Waals surface area contributed by atoms with Crippen LogP contribution in [0.3, 0.4) is 0 Å². The molecule has 3 aromatic rings. The first-order chi connectivity index (χ1) is 9.52. The molecular weight excluding hydrogens is 263 g/mol. The van der Waals surface area contributed by atoms with Gasteiger partial charge in [-0.25, -0.2) is 4.39 Å². The molecule has 0 radical (unpaired) electrons. The van der Waals surface area contributed by atoms with Gasteiger partial charge in [-0.15, -0.1) is 0 Å². The van der Waals surface area contributed by atoms with Crippen LogP contribution in [0.2, 0.25) is 0 Å². The molecule has 2 heterocycles. The molecule has 3 N–H and O–H groups in total. The second kappa shape index (κ2) is 5.56. The summed E-state index contributed by atoms with van der Waals surface area (Å²) in [5.74, 6) is -1.10. The number of carbonyl (C=O) groups is 1. The van der Waals surface area contributed by atoms with Crippen LogP contribution in [0.4, 0.5) is 4.39 Å². The van der Waals surface area contributed by atoms with Crippen LogP contribution < -0.4 is 5.56 Å². The molecule has 0 aliphatic heterocycles. The number of aliphatic carboxylic acids is 1. The number of hydrogen-bond acceptors (Lipinski definition) is 2. The number of carboxylic acid groups (broad SMARTS) is 1. The molecule has 0 unspecified atom stereocenters. The highest BCUT2D eigenvalue weighted by Crippen LogP contribution is 2.20. The van der Waals surface area contributed by atoms with Gasteiger partial charge in [-0.2, -0.15) is 0 Å². The molecule has 0 spiro atoms. The molecule has 6 heteroatoms. The predicted molar refractivity (Wildman–Crippen MR) is 74.3 cm³/mol. The van der Waals surface area contributed by atoms with E-state index in [0.29, 0.717) is 11.0 Å². The van der Waals surface area contributed by atoms with Crippen LogP contribution in [0, 0.1) is 5.82 Å². The van der Waals surface area contributed by atoms with Gasteiger partial charge in [0, 0.05) is 23.4 Å². The van der Waals surface area contributed by atoms with Crippen LogP contribution in [-0.4, -0.2) is 21.0 Å². The highest BCUT2D eigenvalue weighted by atomic mass is 19.1. The van der Waals surface area contributed by atoms with Gasteiger partial charge in [-0.3, -0.25) is 9.59 Å². The average molecular weight is 276 g/mol. The summed E-state index contributed by atoms with van der Waals surface area (Å²) < 4.78 is 13.0. The molecule has 5 nitrogen and oxygen atoms in total. The third-order valence-electron chi connectivity index (χ3n) is 2.80. The highest BCUT2D eigenvalue weighted by molar-refractivity contribution is 6.04. The number of carboxylic acids is 1. The van der Waals surface area contributed by atoms with E-state index in [2.05, 4.69) is 9.97 Å². The largest absolute Gasteiger partial charge is 0.481 e. The van der Waals surface area contributed by atoms with E-state index in [9.17, 15) is 14.0 Å². The van der Waals surface area contributed by atoms with Crippen molar-refractivity contribution in [2.24, 2.45) is 0 Å². The minimum atomic E-state index is -0.745. The van der Waals surface area contributed by atoms with Crippen molar-refractivity contribution in [2.45, 2.75) is 13.3 Å². The van der Waals surface area contributed by atoms with E-state index in [1.165, 1.54) is 12.1 Å². The Balaban J connectivity index is 0.000000257. The number of H-pyrrole nitrogens is 2. The van der Waals surface area contributed by atoms with Gasteiger partial charge in [0.15, 0.2) is 0 Å². The molecule has 0 bridgehead atoms. The zero-order chi connectivity index (χ0) is 14.7. The molecule has 104 valence electrons. The molecule has 0 atom stereocenters. The van der Waals surface area contributed by atoms with Gasteiger partial charge in [-0.1, -0.05) is 6.92 Å². The third-order valence-corrected chi connectivity index (χ3v) is 2.80. The van der Waals surface area contributed by atoms with E-state index in [4.69, 9.17) is 5.11 Å². The van der Waals surface area contributed by atoms with Crippen molar-refractivity contribution in [3.8, 4) is 0 Å². The summed E-state index contributed by atoms with van der Waals surface area (Å²) in [6, 6.07) is 6.18. The Bertz CT molecular complexity index is 820. The summed E-state index contributed by atoms with van der Waals surface area (Å²) in [6.45, 7) is 1.60. The van der Waals surface area contributed by atoms with Crippen LogP contribution in [-0.2, 0) is 4.79 Å². The molecule has 0 amide bonds. The molecule has 1 aromatic carbocycles. The topological polar surface area (TPSA) is 85.9 Å². The van der Waals surface area contributed by atoms with Crippen molar-refractivity contribution in [1.82, 2.24) is 9.97 Å². The van der Waals surface area contributed by atoms with Gasteiger partial charge in [0.1, 0.15) is 11.3 Å². The van der Waals surface area contributed by atoms with E-state index in [-0.39, 0.29) is 17.8 Å². The number of benzene rings is 1. The molecule has 20 heavy (non-hydrogen) atoms. The maximum atomic E-state index is 13.0. The zero-order valence-electron chi connectivity index (χ0n) is 10.7. The van der Waals surface area contributed by atoms with Crippen LogP contribution in [0.15, 0.2) is 35.3 Å². The molecule has 3 rings (SSSR count). The highest BCUT2D eigenvalue weighted by Gasteiger charge is 2.05. The number of rotatable bonds is 1. The second-order valence-electron chi connectivity index (χ2n) is 4.16. The van der Waals surface area contributed by atoms with E-state index in [1.54, 1.807) is 19.2 Å². The zero-order valence-corrected chi connectivity index (χ0v) is 10.7. The summed E-state index contributed by atoms with van der Waals surface area (Å²) in [4.78, 5) is 26.4. The lowest BCUT2D eigenvalue weighted by Gasteiger charge is -1.99. The first-order valence-electron chi connectivity index (χ1n) is 6.03. The first-order valence-corrected chi connectivity index (χ1v) is 6.03. The molecule has 0 saturated heterocycles. The van der Waals surface area contributed by atoms with Crippen LogP contribution in [0.25, 0.3) is 21.8 Å². The quantitative estimate of drug-likeness (QED) is 0.638. The Morgan fingerprint density at radius 3 is 2.65 bits per heavy atom. The number of pyridine rings is 1. The fraction of sp³-hybridized carbons (Fsp3) is 0.143. The SMILES string of the molecule is CCC(=O)O.O=c1[nH]c2cc(F)ccc2c2cc[nH]c12. The maximum Gasteiger partial charge on any atom is 0.303 e. The molecule has 0 saturated carbocycles. The number of halogens is 1. The first kappa shape index (κ1) is 13.8. The monoisotopic (exact) mass is 276 g/mol. The summed E-state index contributed by atoms with van der Waals surface area (Å²) in [6.07, 6.45) is 1.92. The van der Waals surface area contributed by atoms with Crippen molar-refractivity contribution in [3.05, 3.63) is 46.6 Å². The lowest BCUT2D eigenvalue weighted by Crippen LogP contribution is -2.06. The van der Waals surface area contributed by atoms with Gasteiger partial charge >= 0.3 is 5.97 Å². The standard InChI is InChI=1S/C11H7FN2O.C3H6O2/c12-6-1-2-7-8-3-4-13-10(8)11(15)14-9(7)5-6;1-2-3(4)5/h1-5,13H,(H,14,15);2H2,1H3,(H,4,5). The Morgan fingerprint density at radius 2 is 2.00 bits per heavy atom. The van der Waals surface area contributed by atoms with E-state index >= 15 is 0 Å². The molecular formula is C14H13FN2O3. The number of aromatic amines is 2. The Labute approximate surface area is 113 Å². The Hall–Kier alpha value is -2.63. The summed E-state index contributed by atoms with van der Waals surface area (Å²) in [7, 11) is 0. The second-order valence-corrected chi connectivity index (χ2v) is 4.16. The fourth-order valence-corrected chi connectivity index (χ4v) is 1.82. The van der Waals surface area contributed by atoms with Gasteiger partial charge in [0.25, 0.3) is 5.56 Å². The molecule has 0 aliphatic carbocycles. The van der Waals surface area contributed by atoms with Crippen molar-refractivity contribution in [1.29, 1.82) is 0 Å². The van der Waals surface area contributed by atoms with Gasteiger partial charge < -0.3 is 15.1 Å². The van der Waals surface area contributed by atoms with Crippen LogP contribution in [0.5, 0.6) is 0 Å². The minimum absolute atomic E-state index is 0.222. The third kappa shape index (κ3) is 2.69.